The van der Waals surface area contributed by atoms with Gasteiger partial charge in [-0.3, -0.25) is 19.9 Å². The number of nitrogen functional groups attached to an aromatic ring is 1. The number of nitrogens with one attached hydrogen (secondary N) is 4. The Bertz CT molecular complexity index is 631. The number of nitrogens with two attached hydrogens (primary N) is 1. The maximum absolute atomic E-state index is 11.8. The van der Waals surface area contributed by atoms with Crippen molar-refractivity contribution in [1.29, 1.82) is 5.41 Å². The van der Waals surface area contributed by atoms with E-state index in [0.29, 0.717) is 17.8 Å². The molecular formula is C17H26N6O3. The van der Waals surface area contributed by atoms with Gasteiger partial charge in [0.25, 0.3) is 0 Å². The van der Waals surface area contributed by atoms with Crippen LogP contribution in [0.4, 0.5) is 5.69 Å². The summed E-state index contributed by atoms with van der Waals surface area (Å²) in [5.74, 6) is -0.543. The number of anilines is 1. The Morgan fingerprint density at radius 2 is 1.88 bits per heavy atom. The van der Waals surface area contributed by atoms with E-state index in [1.807, 2.05) is 0 Å². The first-order chi connectivity index (χ1) is 12.5. The highest BCUT2D eigenvalue weighted by Crippen LogP contribution is 2.09. The topological polar surface area (TPSA) is 133 Å². The lowest BCUT2D eigenvalue weighted by Gasteiger charge is -2.26. The maximum atomic E-state index is 11.8. The molecule has 0 atom stereocenters. The molecule has 0 spiro atoms. The summed E-state index contributed by atoms with van der Waals surface area (Å²) in [5.41, 5.74) is 6.69. The molecule has 0 bridgehead atoms. The summed E-state index contributed by atoms with van der Waals surface area (Å²) in [6, 6.07) is 6.93. The fourth-order valence-electron chi connectivity index (χ4n) is 2.46. The first-order valence-corrected chi connectivity index (χ1v) is 8.56. The van der Waals surface area contributed by atoms with E-state index in [0.717, 1.165) is 32.8 Å². The lowest BCUT2D eigenvalue weighted by molar-refractivity contribution is -0.125. The van der Waals surface area contributed by atoms with Crippen LogP contribution in [-0.2, 0) is 14.3 Å². The zero-order chi connectivity index (χ0) is 18.8. The Morgan fingerprint density at radius 3 is 2.62 bits per heavy atom. The standard InChI is InChI=1S/C17H26N6O3/c18-17(19)13-2-1-3-14(10-13)21-11-16(25)22-12-15(24)20-4-5-23-6-8-26-9-7-23/h1-3,10,21H,4-9,11-12H2,(H3,18,19)(H,20,24)(H,22,25). The number of amidine groups is 1. The minimum atomic E-state index is -0.290. The van der Waals surface area contributed by atoms with Crippen molar-refractivity contribution in [1.82, 2.24) is 15.5 Å². The summed E-state index contributed by atoms with van der Waals surface area (Å²) in [5, 5.41) is 15.7. The van der Waals surface area contributed by atoms with E-state index in [-0.39, 0.29) is 30.7 Å². The van der Waals surface area contributed by atoms with Crippen molar-refractivity contribution in [2.45, 2.75) is 0 Å². The van der Waals surface area contributed by atoms with Crippen LogP contribution < -0.4 is 21.7 Å². The molecule has 9 heteroatoms. The number of carbonyl (C=O) groups is 2. The number of hydrogen-bond acceptors (Lipinski definition) is 6. The van der Waals surface area contributed by atoms with Crippen LogP contribution in [0.3, 0.4) is 0 Å². The minimum absolute atomic E-state index is 0.0302. The maximum Gasteiger partial charge on any atom is 0.239 e. The second-order valence-electron chi connectivity index (χ2n) is 5.93. The Kier molecular flexibility index (Phi) is 7.84. The summed E-state index contributed by atoms with van der Waals surface area (Å²) in [6.45, 7) is 4.51. The van der Waals surface area contributed by atoms with Gasteiger partial charge in [-0.05, 0) is 12.1 Å². The smallest absolute Gasteiger partial charge is 0.239 e. The normalized spacial score (nSPS) is 14.5. The summed E-state index contributed by atoms with van der Waals surface area (Å²) in [7, 11) is 0. The molecule has 1 aliphatic heterocycles. The quantitative estimate of drug-likeness (QED) is 0.281. The van der Waals surface area contributed by atoms with Gasteiger partial charge in [0.1, 0.15) is 5.84 Å². The molecule has 1 aromatic carbocycles. The Labute approximate surface area is 152 Å². The molecule has 1 aromatic rings. The van der Waals surface area contributed by atoms with E-state index in [2.05, 4.69) is 20.9 Å². The van der Waals surface area contributed by atoms with Crippen LogP contribution in [0.5, 0.6) is 0 Å². The van der Waals surface area contributed by atoms with E-state index in [1.165, 1.54) is 0 Å². The molecule has 0 saturated carbocycles. The molecule has 0 unspecified atom stereocenters. The van der Waals surface area contributed by atoms with E-state index < -0.39 is 0 Å². The van der Waals surface area contributed by atoms with Crippen LogP contribution >= 0.6 is 0 Å². The summed E-state index contributed by atoms with van der Waals surface area (Å²) < 4.78 is 5.27. The summed E-state index contributed by atoms with van der Waals surface area (Å²) in [6.07, 6.45) is 0. The molecule has 2 rings (SSSR count). The Balaban J connectivity index is 1.59. The third-order valence-corrected chi connectivity index (χ3v) is 3.93. The number of morpholine rings is 1. The zero-order valence-electron chi connectivity index (χ0n) is 14.7. The van der Waals surface area contributed by atoms with Crippen LogP contribution in [-0.4, -0.2) is 75.0 Å². The lowest BCUT2D eigenvalue weighted by atomic mass is 10.2. The molecule has 1 aliphatic rings. The minimum Gasteiger partial charge on any atom is -0.384 e. The average molecular weight is 362 g/mol. The van der Waals surface area contributed by atoms with Gasteiger partial charge >= 0.3 is 0 Å². The van der Waals surface area contributed by atoms with Crippen LogP contribution in [0.1, 0.15) is 5.56 Å². The number of benzene rings is 1. The molecule has 0 aliphatic carbocycles. The van der Waals surface area contributed by atoms with Crippen LogP contribution in [0, 0.1) is 5.41 Å². The molecule has 0 aromatic heterocycles. The van der Waals surface area contributed by atoms with Crippen molar-refractivity contribution >= 4 is 23.3 Å². The molecule has 9 nitrogen and oxygen atoms in total. The van der Waals surface area contributed by atoms with Crippen LogP contribution in [0.15, 0.2) is 24.3 Å². The molecule has 26 heavy (non-hydrogen) atoms. The molecule has 1 fully saturated rings. The van der Waals surface area contributed by atoms with Gasteiger partial charge in [0.15, 0.2) is 0 Å². The van der Waals surface area contributed by atoms with Gasteiger partial charge < -0.3 is 26.4 Å². The highest BCUT2D eigenvalue weighted by atomic mass is 16.5. The third-order valence-electron chi connectivity index (χ3n) is 3.93. The van der Waals surface area contributed by atoms with Gasteiger partial charge in [-0.2, -0.15) is 0 Å². The number of ether oxygens (including phenoxy) is 1. The Morgan fingerprint density at radius 1 is 1.15 bits per heavy atom. The fourth-order valence-corrected chi connectivity index (χ4v) is 2.46. The van der Waals surface area contributed by atoms with Crippen LogP contribution in [0.2, 0.25) is 0 Å². The van der Waals surface area contributed by atoms with E-state index in [9.17, 15) is 9.59 Å². The van der Waals surface area contributed by atoms with E-state index in [4.69, 9.17) is 15.9 Å². The van der Waals surface area contributed by atoms with Crippen molar-refractivity contribution in [3.8, 4) is 0 Å². The third kappa shape index (κ3) is 7.08. The number of hydrogen-bond donors (Lipinski definition) is 5. The largest absolute Gasteiger partial charge is 0.384 e. The zero-order valence-corrected chi connectivity index (χ0v) is 14.7. The second kappa shape index (κ2) is 10.4. The number of amides is 2. The lowest BCUT2D eigenvalue weighted by Crippen LogP contribution is -2.44. The van der Waals surface area contributed by atoms with Crippen molar-refractivity contribution in [3.63, 3.8) is 0 Å². The predicted molar refractivity (Wildman–Crippen MR) is 99.2 cm³/mol. The van der Waals surface area contributed by atoms with Gasteiger partial charge in [0.05, 0.1) is 26.3 Å². The molecule has 6 N–H and O–H groups in total. The van der Waals surface area contributed by atoms with E-state index in [1.54, 1.807) is 24.3 Å². The SMILES string of the molecule is N=C(N)c1cccc(NCC(=O)NCC(=O)NCCN2CCOCC2)c1. The highest BCUT2D eigenvalue weighted by molar-refractivity contribution is 5.96. The average Bonchev–Trinajstić information content (AvgIpc) is 2.66. The van der Waals surface area contributed by atoms with Crippen LogP contribution in [0.25, 0.3) is 0 Å². The highest BCUT2D eigenvalue weighted by Gasteiger charge is 2.10. The van der Waals surface area contributed by atoms with Crippen molar-refractivity contribution < 1.29 is 14.3 Å². The molecule has 142 valence electrons. The monoisotopic (exact) mass is 362 g/mol. The molecule has 2 amide bonds. The van der Waals surface area contributed by atoms with Gasteiger partial charge in [-0.25, -0.2) is 0 Å². The number of carbonyl (C=O) groups excluding carboxylic acids is 2. The van der Waals surface area contributed by atoms with Crippen molar-refractivity contribution in [3.05, 3.63) is 29.8 Å². The van der Waals surface area contributed by atoms with Gasteiger partial charge in [-0.15, -0.1) is 0 Å². The predicted octanol–water partition coefficient (Wildman–Crippen LogP) is -1.05. The van der Waals surface area contributed by atoms with Gasteiger partial charge in [0, 0.05) is 37.4 Å². The summed E-state index contributed by atoms with van der Waals surface area (Å²) in [4.78, 5) is 25.8. The van der Waals surface area contributed by atoms with Crippen molar-refractivity contribution in [2.75, 3.05) is 57.8 Å². The molecule has 0 radical (unpaired) electrons. The molecular weight excluding hydrogens is 336 g/mol. The molecule has 1 heterocycles. The summed E-state index contributed by atoms with van der Waals surface area (Å²) >= 11 is 0. The first-order valence-electron chi connectivity index (χ1n) is 8.56. The number of nitrogens with zero attached hydrogens (tertiary/aromatic N) is 1. The van der Waals surface area contributed by atoms with Gasteiger partial charge in [0.2, 0.25) is 11.8 Å². The Hall–Kier alpha value is -2.65. The van der Waals surface area contributed by atoms with Crippen molar-refractivity contribution in [2.24, 2.45) is 5.73 Å². The van der Waals surface area contributed by atoms with E-state index >= 15 is 0 Å². The molecule has 1 saturated heterocycles. The number of rotatable bonds is 9. The second-order valence-corrected chi connectivity index (χ2v) is 5.93. The van der Waals surface area contributed by atoms with Gasteiger partial charge in [-0.1, -0.05) is 12.1 Å². The fraction of sp³-hybridized carbons (Fsp3) is 0.471. The first kappa shape index (κ1) is 19.7.